The number of rotatable bonds is 3. The van der Waals surface area contributed by atoms with Gasteiger partial charge in [-0.05, 0) is 55.3 Å². The topological polar surface area (TPSA) is 50.4 Å². The molecule has 28 heavy (non-hydrogen) atoms. The average Bonchev–Trinajstić information content (AvgIpc) is 2.96. The van der Waals surface area contributed by atoms with Crippen molar-refractivity contribution in [2.45, 2.75) is 19.0 Å². The number of benzene rings is 2. The Bertz CT molecular complexity index is 1030. The number of fused-ring (bicyclic) bond motifs is 1. The maximum Gasteiger partial charge on any atom is 0.419 e. The lowest BCUT2D eigenvalue weighted by Crippen LogP contribution is -2.38. The number of aryl methyl sites for hydroxylation is 1. The van der Waals surface area contributed by atoms with E-state index in [9.17, 15) is 18.0 Å². The second-order valence-corrected chi connectivity index (χ2v) is 7.08. The molecule has 1 N–H and O–H groups in total. The zero-order chi connectivity index (χ0) is 19.9. The minimum atomic E-state index is -4.10. The van der Waals surface area contributed by atoms with Crippen LogP contribution in [0.5, 0.6) is 0 Å². The van der Waals surface area contributed by atoms with Gasteiger partial charge in [0.05, 0.1) is 11.4 Å². The van der Waals surface area contributed by atoms with E-state index in [1.807, 2.05) is 41.3 Å². The summed E-state index contributed by atoms with van der Waals surface area (Å²) in [4.78, 5) is 13.6. The van der Waals surface area contributed by atoms with Crippen molar-refractivity contribution < 1.29 is 17.6 Å². The summed E-state index contributed by atoms with van der Waals surface area (Å²) in [5, 5.41) is 3.27. The molecule has 148 valence electrons. The Hall–Kier alpha value is -2.90. The highest BCUT2D eigenvalue weighted by atomic mass is 19.4. The predicted octanol–water partition coefficient (Wildman–Crippen LogP) is 4.65. The van der Waals surface area contributed by atoms with Gasteiger partial charge in [0.1, 0.15) is 0 Å². The molecule has 2 heterocycles. The van der Waals surface area contributed by atoms with Crippen molar-refractivity contribution in [3.05, 3.63) is 53.0 Å². The van der Waals surface area contributed by atoms with Crippen LogP contribution in [0, 0.1) is 5.92 Å². The molecule has 0 radical (unpaired) electrons. The van der Waals surface area contributed by atoms with Gasteiger partial charge in [-0.25, -0.2) is 4.79 Å². The van der Waals surface area contributed by atoms with Crippen LogP contribution in [0.4, 0.5) is 30.2 Å². The Morgan fingerprint density at radius 2 is 1.68 bits per heavy atom. The van der Waals surface area contributed by atoms with Crippen molar-refractivity contribution in [1.82, 2.24) is 4.57 Å². The van der Waals surface area contributed by atoms with E-state index in [1.165, 1.54) is 4.57 Å². The Balaban J connectivity index is 1.44. The fraction of sp³-hybridized carbons (Fsp3) is 0.350. The SMILES string of the molecule is Cn1c(=O)oc2ccc(Nc3ccc(N4CCC(C(F)(F)F)CC4)cc3)cc21. The number of aromatic nitrogens is 1. The number of nitrogens with one attached hydrogen (secondary N) is 1. The second-order valence-electron chi connectivity index (χ2n) is 7.08. The monoisotopic (exact) mass is 391 g/mol. The highest BCUT2D eigenvalue weighted by Crippen LogP contribution is 2.35. The van der Waals surface area contributed by atoms with Gasteiger partial charge in [0.25, 0.3) is 0 Å². The van der Waals surface area contributed by atoms with Gasteiger partial charge in [0.15, 0.2) is 5.58 Å². The molecule has 0 bridgehead atoms. The zero-order valence-electron chi connectivity index (χ0n) is 15.3. The highest BCUT2D eigenvalue weighted by molar-refractivity contribution is 5.79. The van der Waals surface area contributed by atoms with Crippen molar-refractivity contribution in [3.63, 3.8) is 0 Å². The molecule has 0 aliphatic carbocycles. The molecule has 1 saturated heterocycles. The van der Waals surface area contributed by atoms with E-state index in [4.69, 9.17) is 4.42 Å². The summed E-state index contributed by atoms with van der Waals surface area (Å²) in [7, 11) is 1.65. The summed E-state index contributed by atoms with van der Waals surface area (Å²) in [5.41, 5.74) is 3.79. The summed E-state index contributed by atoms with van der Waals surface area (Å²) < 4.78 is 45.0. The normalized spacial score (nSPS) is 15.9. The quantitative estimate of drug-likeness (QED) is 0.706. The van der Waals surface area contributed by atoms with Gasteiger partial charge in [-0.3, -0.25) is 4.57 Å². The van der Waals surface area contributed by atoms with E-state index in [-0.39, 0.29) is 12.8 Å². The first kappa shape index (κ1) is 18.5. The molecule has 0 saturated carbocycles. The summed E-state index contributed by atoms with van der Waals surface area (Å²) in [6, 6.07) is 13.0. The van der Waals surface area contributed by atoms with Gasteiger partial charge in [0, 0.05) is 37.2 Å². The van der Waals surface area contributed by atoms with Crippen LogP contribution >= 0.6 is 0 Å². The van der Waals surface area contributed by atoms with Crippen LogP contribution in [0.25, 0.3) is 11.1 Å². The van der Waals surface area contributed by atoms with E-state index in [0.29, 0.717) is 24.2 Å². The Morgan fingerprint density at radius 1 is 1.04 bits per heavy atom. The first-order valence-electron chi connectivity index (χ1n) is 9.09. The molecule has 5 nitrogen and oxygen atoms in total. The molecule has 0 unspecified atom stereocenters. The molecule has 1 aliphatic rings. The van der Waals surface area contributed by atoms with Crippen LogP contribution in [0.15, 0.2) is 51.7 Å². The van der Waals surface area contributed by atoms with Gasteiger partial charge >= 0.3 is 11.9 Å². The Kier molecular flexibility index (Phi) is 4.56. The minimum absolute atomic E-state index is 0.132. The first-order valence-corrected chi connectivity index (χ1v) is 9.09. The van der Waals surface area contributed by atoms with Crippen molar-refractivity contribution in [1.29, 1.82) is 0 Å². The number of hydrogen-bond donors (Lipinski definition) is 1. The number of anilines is 3. The van der Waals surface area contributed by atoms with E-state index < -0.39 is 17.9 Å². The lowest BCUT2D eigenvalue weighted by atomic mass is 9.96. The lowest BCUT2D eigenvalue weighted by molar-refractivity contribution is -0.179. The van der Waals surface area contributed by atoms with Crippen LogP contribution in [-0.2, 0) is 7.05 Å². The van der Waals surface area contributed by atoms with Crippen molar-refractivity contribution in [2.75, 3.05) is 23.3 Å². The highest BCUT2D eigenvalue weighted by Gasteiger charge is 2.41. The standard InChI is InChI=1S/C20H20F3N3O2/c1-25-17-12-15(4-7-18(17)28-19(25)27)24-14-2-5-16(6-3-14)26-10-8-13(9-11-26)20(21,22)23/h2-7,12-13,24H,8-11H2,1H3. The fourth-order valence-electron chi connectivity index (χ4n) is 3.59. The number of hydrogen-bond acceptors (Lipinski definition) is 4. The molecule has 2 aromatic carbocycles. The van der Waals surface area contributed by atoms with E-state index in [0.717, 1.165) is 17.1 Å². The Morgan fingerprint density at radius 3 is 2.32 bits per heavy atom. The maximum atomic E-state index is 12.8. The molecule has 1 aromatic heterocycles. The van der Waals surface area contributed by atoms with Crippen molar-refractivity contribution in [2.24, 2.45) is 13.0 Å². The minimum Gasteiger partial charge on any atom is -0.408 e. The smallest absolute Gasteiger partial charge is 0.408 e. The second kappa shape index (κ2) is 6.92. The third-order valence-corrected chi connectivity index (χ3v) is 5.27. The van der Waals surface area contributed by atoms with Crippen LogP contribution in [0.3, 0.4) is 0 Å². The molecule has 1 fully saturated rings. The molecule has 0 spiro atoms. The largest absolute Gasteiger partial charge is 0.419 e. The predicted molar refractivity (Wildman–Crippen MR) is 102 cm³/mol. The summed E-state index contributed by atoms with van der Waals surface area (Å²) in [6.07, 6.45) is -3.83. The van der Waals surface area contributed by atoms with Gasteiger partial charge < -0.3 is 14.6 Å². The fourth-order valence-corrected chi connectivity index (χ4v) is 3.59. The van der Waals surface area contributed by atoms with Gasteiger partial charge in [0.2, 0.25) is 0 Å². The Labute approximate surface area is 159 Å². The van der Waals surface area contributed by atoms with Crippen LogP contribution in [-0.4, -0.2) is 23.8 Å². The zero-order valence-corrected chi connectivity index (χ0v) is 15.3. The lowest BCUT2D eigenvalue weighted by Gasteiger charge is -2.34. The molecule has 1 aliphatic heterocycles. The molecule has 0 amide bonds. The molecular formula is C20H20F3N3O2. The van der Waals surface area contributed by atoms with Crippen LogP contribution in [0.2, 0.25) is 0 Å². The number of halogens is 3. The van der Waals surface area contributed by atoms with E-state index >= 15 is 0 Å². The third-order valence-electron chi connectivity index (χ3n) is 5.27. The molecule has 3 aromatic rings. The van der Waals surface area contributed by atoms with E-state index in [1.54, 1.807) is 13.1 Å². The number of alkyl halides is 3. The first-order chi connectivity index (χ1) is 13.3. The molecular weight excluding hydrogens is 371 g/mol. The van der Waals surface area contributed by atoms with Crippen molar-refractivity contribution >= 4 is 28.2 Å². The number of piperidine rings is 1. The number of nitrogens with zero attached hydrogens (tertiary/aromatic N) is 2. The van der Waals surface area contributed by atoms with Gasteiger partial charge in [-0.2, -0.15) is 13.2 Å². The summed E-state index contributed by atoms with van der Waals surface area (Å²) in [6.45, 7) is 0.810. The molecule has 0 atom stereocenters. The summed E-state index contributed by atoms with van der Waals surface area (Å²) in [5.74, 6) is -1.61. The maximum absolute atomic E-state index is 12.8. The number of oxazole rings is 1. The van der Waals surface area contributed by atoms with Gasteiger partial charge in [-0.15, -0.1) is 0 Å². The van der Waals surface area contributed by atoms with Gasteiger partial charge in [-0.1, -0.05) is 0 Å². The average molecular weight is 391 g/mol. The van der Waals surface area contributed by atoms with Crippen molar-refractivity contribution in [3.8, 4) is 0 Å². The summed E-state index contributed by atoms with van der Waals surface area (Å²) >= 11 is 0. The van der Waals surface area contributed by atoms with E-state index in [2.05, 4.69) is 5.32 Å². The molecule has 8 heteroatoms. The van der Waals surface area contributed by atoms with Crippen LogP contribution in [0.1, 0.15) is 12.8 Å². The third kappa shape index (κ3) is 3.58. The van der Waals surface area contributed by atoms with Crippen LogP contribution < -0.4 is 16.0 Å². The molecule has 4 rings (SSSR count).